The molecule has 0 saturated carbocycles. The quantitative estimate of drug-likeness (QED) is 0.572. The van der Waals surface area contributed by atoms with E-state index in [0.717, 1.165) is 28.7 Å². The number of carbonyl (C=O) groups excluding carboxylic acids is 2. The molecule has 0 fully saturated rings. The number of hydrogen-bond donors (Lipinski definition) is 3. The summed E-state index contributed by atoms with van der Waals surface area (Å²) in [5.74, 6) is 0.418. The molecule has 1 aromatic carbocycles. The van der Waals surface area contributed by atoms with Crippen LogP contribution in [-0.2, 0) is 0 Å². The highest BCUT2D eigenvalue weighted by Crippen LogP contribution is 2.29. The third-order valence-corrected chi connectivity index (χ3v) is 5.45. The summed E-state index contributed by atoms with van der Waals surface area (Å²) in [6.45, 7) is 10.6. The van der Waals surface area contributed by atoms with E-state index >= 15 is 0 Å². The van der Waals surface area contributed by atoms with Crippen LogP contribution in [0, 0.1) is 0 Å². The van der Waals surface area contributed by atoms with Crippen LogP contribution in [0.2, 0.25) is 0 Å². The van der Waals surface area contributed by atoms with E-state index in [4.69, 9.17) is 0 Å². The molecule has 7 heteroatoms. The molecular formula is C24H27N5O2. The lowest BCUT2D eigenvalue weighted by atomic mass is 10.1. The van der Waals surface area contributed by atoms with E-state index in [0.29, 0.717) is 23.5 Å². The van der Waals surface area contributed by atoms with Gasteiger partial charge in [-0.2, -0.15) is 0 Å². The van der Waals surface area contributed by atoms with E-state index in [1.807, 2.05) is 42.7 Å². The van der Waals surface area contributed by atoms with E-state index in [1.165, 1.54) is 0 Å². The average molecular weight is 418 g/mol. The normalized spacial score (nSPS) is 15.9. The maximum absolute atomic E-state index is 13.0. The van der Waals surface area contributed by atoms with Gasteiger partial charge in [0.2, 0.25) is 0 Å². The highest BCUT2D eigenvalue weighted by molar-refractivity contribution is 6.07. The number of fused-ring (bicyclic) bond motifs is 3. The van der Waals surface area contributed by atoms with Crippen molar-refractivity contribution in [1.29, 1.82) is 0 Å². The lowest BCUT2D eigenvalue weighted by molar-refractivity contribution is 0.0950. The molecule has 2 amide bonds. The van der Waals surface area contributed by atoms with Crippen LogP contribution in [0.1, 0.15) is 59.6 Å². The summed E-state index contributed by atoms with van der Waals surface area (Å²) >= 11 is 0. The SMILES string of the molecule is C=Cc1cc(NC(=O)c2ccc3cc4n(c3c2)C(C)CCNC4=O)cnc1NC(C)C. The molecule has 0 aliphatic carbocycles. The van der Waals surface area contributed by atoms with Gasteiger partial charge in [0.05, 0.1) is 11.9 Å². The van der Waals surface area contributed by atoms with Crippen LogP contribution < -0.4 is 16.0 Å². The molecule has 0 spiro atoms. The molecule has 1 unspecified atom stereocenters. The van der Waals surface area contributed by atoms with Crippen molar-refractivity contribution in [3.63, 3.8) is 0 Å². The molecule has 3 N–H and O–H groups in total. The predicted octanol–water partition coefficient (Wildman–Crippen LogP) is 4.45. The maximum atomic E-state index is 13.0. The molecule has 1 aliphatic heterocycles. The lowest BCUT2D eigenvalue weighted by Crippen LogP contribution is -2.22. The Morgan fingerprint density at radius 1 is 1.32 bits per heavy atom. The van der Waals surface area contributed by atoms with Crippen molar-refractivity contribution in [2.45, 2.75) is 39.3 Å². The highest BCUT2D eigenvalue weighted by atomic mass is 16.2. The molecule has 4 rings (SSSR count). The molecule has 1 aliphatic rings. The van der Waals surface area contributed by atoms with Gasteiger partial charge in [-0.25, -0.2) is 4.98 Å². The van der Waals surface area contributed by atoms with Crippen LogP contribution in [0.25, 0.3) is 17.0 Å². The second-order valence-corrected chi connectivity index (χ2v) is 8.19. The van der Waals surface area contributed by atoms with Crippen molar-refractivity contribution in [3.05, 3.63) is 59.9 Å². The van der Waals surface area contributed by atoms with Crippen molar-refractivity contribution in [3.8, 4) is 0 Å². The number of amides is 2. The number of rotatable bonds is 5. The predicted molar refractivity (Wildman–Crippen MR) is 125 cm³/mol. The van der Waals surface area contributed by atoms with Gasteiger partial charge in [0.1, 0.15) is 11.5 Å². The molecule has 0 saturated heterocycles. The molecule has 2 aromatic heterocycles. The third kappa shape index (κ3) is 4.03. The Bertz CT molecular complexity index is 1180. The fraction of sp³-hybridized carbons (Fsp3) is 0.292. The van der Waals surface area contributed by atoms with E-state index < -0.39 is 0 Å². The van der Waals surface area contributed by atoms with E-state index in [1.54, 1.807) is 18.3 Å². The molecule has 7 nitrogen and oxygen atoms in total. The molecule has 0 radical (unpaired) electrons. The second-order valence-electron chi connectivity index (χ2n) is 8.19. The van der Waals surface area contributed by atoms with Crippen LogP contribution in [0.3, 0.4) is 0 Å². The Kier molecular flexibility index (Phi) is 5.50. The summed E-state index contributed by atoms with van der Waals surface area (Å²) in [4.78, 5) is 29.8. The smallest absolute Gasteiger partial charge is 0.267 e. The zero-order valence-corrected chi connectivity index (χ0v) is 18.0. The van der Waals surface area contributed by atoms with Crippen molar-refractivity contribution < 1.29 is 9.59 Å². The van der Waals surface area contributed by atoms with Crippen LogP contribution in [-0.4, -0.2) is 34.0 Å². The first-order valence-corrected chi connectivity index (χ1v) is 10.5. The van der Waals surface area contributed by atoms with Crippen LogP contribution >= 0.6 is 0 Å². The van der Waals surface area contributed by atoms with Crippen molar-refractivity contribution >= 4 is 40.3 Å². The number of nitrogens with zero attached hydrogens (tertiary/aromatic N) is 2. The number of pyridine rings is 1. The topological polar surface area (TPSA) is 88.1 Å². The highest BCUT2D eigenvalue weighted by Gasteiger charge is 2.23. The Labute approximate surface area is 181 Å². The summed E-state index contributed by atoms with van der Waals surface area (Å²) in [5, 5.41) is 10.1. The average Bonchev–Trinajstić information content (AvgIpc) is 3.06. The molecular weight excluding hydrogens is 390 g/mol. The van der Waals surface area contributed by atoms with E-state index in [-0.39, 0.29) is 23.9 Å². The van der Waals surface area contributed by atoms with Gasteiger partial charge < -0.3 is 20.5 Å². The number of nitrogens with one attached hydrogen (secondary N) is 3. The summed E-state index contributed by atoms with van der Waals surface area (Å²) < 4.78 is 2.03. The first-order chi connectivity index (χ1) is 14.9. The Morgan fingerprint density at radius 3 is 2.87 bits per heavy atom. The molecule has 31 heavy (non-hydrogen) atoms. The summed E-state index contributed by atoms with van der Waals surface area (Å²) in [5.41, 5.74) is 3.45. The summed E-state index contributed by atoms with van der Waals surface area (Å²) in [7, 11) is 0. The lowest BCUT2D eigenvalue weighted by Gasteiger charge is -2.15. The Balaban J connectivity index is 1.64. The first-order valence-electron chi connectivity index (χ1n) is 10.5. The molecule has 160 valence electrons. The summed E-state index contributed by atoms with van der Waals surface area (Å²) in [6.07, 6.45) is 4.18. The minimum Gasteiger partial charge on any atom is -0.367 e. The van der Waals surface area contributed by atoms with Crippen molar-refractivity contribution in [2.24, 2.45) is 0 Å². The van der Waals surface area contributed by atoms with Gasteiger partial charge >= 0.3 is 0 Å². The third-order valence-electron chi connectivity index (χ3n) is 5.45. The van der Waals surface area contributed by atoms with E-state index in [2.05, 4.69) is 34.4 Å². The van der Waals surface area contributed by atoms with Crippen molar-refractivity contribution in [1.82, 2.24) is 14.9 Å². The molecule has 1 atom stereocenters. The monoisotopic (exact) mass is 417 g/mol. The van der Waals surface area contributed by atoms with Gasteiger partial charge in [-0.05, 0) is 51.5 Å². The maximum Gasteiger partial charge on any atom is 0.267 e. The largest absolute Gasteiger partial charge is 0.367 e. The first kappa shape index (κ1) is 20.7. The van der Waals surface area contributed by atoms with Crippen LogP contribution in [0.5, 0.6) is 0 Å². The molecule has 3 heterocycles. The van der Waals surface area contributed by atoms with E-state index in [9.17, 15) is 9.59 Å². The number of benzene rings is 1. The summed E-state index contributed by atoms with van der Waals surface area (Å²) in [6, 6.07) is 9.63. The molecule has 3 aromatic rings. The number of carbonyl (C=O) groups is 2. The zero-order chi connectivity index (χ0) is 22.1. The van der Waals surface area contributed by atoms with Gasteiger partial charge in [0, 0.05) is 40.7 Å². The van der Waals surface area contributed by atoms with Gasteiger partial charge in [0.25, 0.3) is 11.8 Å². The fourth-order valence-electron chi connectivity index (χ4n) is 3.93. The van der Waals surface area contributed by atoms with Crippen LogP contribution in [0.15, 0.2) is 43.1 Å². The number of anilines is 2. The number of hydrogen-bond acceptors (Lipinski definition) is 4. The minimum absolute atomic E-state index is 0.0790. The Morgan fingerprint density at radius 2 is 2.13 bits per heavy atom. The van der Waals surface area contributed by atoms with Gasteiger partial charge in [-0.15, -0.1) is 0 Å². The van der Waals surface area contributed by atoms with Gasteiger partial charge in [-0.3, -0.25) is 9.59 Å². The van der Waals surface area contributed by atoms with Gasteiger partial charge in [0.15, 0.2) is 0 Å². The minimum atomic E-state index is -0.232. The zero-order valence-electron chi connectivity index (χ0n) is 18.0. The standard InChI is InChI=1S/C24H27N5O2/c1-5-16-10-19(13-26-22(16)27-14(2)3)28-23(30)18-7-6-17-11-21-24(31)25-9-8-15(4)29(21)20(17)12-18/h5-7,10-15H,1,8-9H2,2-4H3,(H,25,31)(H,26,27)(H,28,30). The number of aromatic nitrogens is 2. The van der Waals surface area contributed by atoms with Crippen LogP contribution in [0.4, 0.5) is 11.5 Å². The van der Waals surface area contributed by atoms with Gasteiger partial charge in [-0.1, -0.05) is 18.7 Å². The van der Waals surface area contributed by atoms with Crippen molar-refractivity contribution in [2.75, 3.05) is 17.2 Å². The second kappa shape index (κ2) is 8.26. The fourth-order valence-corrected chi connectivity index (χ4v) is 3.93. The Hall–Kier alpha value is -3.61. The molecule has 0 bridgehead atoms.